The maximum atomic E-state index is 12.0. The number of ether oxygens (including phenoxy) is 1. The van der Waals surface area contributed by atoms with E-state index in [2.05, 4.69) is 10.6 Å². The van der Waals surface area contributed by atoms with Gasteiger partial charge in [-0.3, -0.25) is 20.2 Å². The minimum absolute atomic E-state index is 0.0182. The lowest BCUT2D eigenvalue weighted by Crippen LogP contribution is -2.47. The van der Waals surface area contributed by atoms with Crippen molar-refractivity contribution in [1.82, 2.24) is 10.6 Å². The van der Waals surface area contributed by atoms with Crippen LogP contribution in [0.4, 0.5) is 10.5 Å². The molecule has 1 aromatic carbocycles. The molecular weight excluding hydrogens is 314 g/mol. The number of imide groups is 1. The largest absolute Gasteiger partial charge is 0.481 e. The van der Waals surface area contributed by atoms with Crippen LogP contribution in [-0.4, -0.2) is 29.0 Å². The molecule has 0 saturated heterocycles. The number of urea groups is 1. The number of hydrogen-bond acceptors (Lipinski definition) is 5. The average Bonchev–Trinajstić information content (AvgIpc) is 2.99. The zero-order valence-corrected chi connectivity index (χ0v) is 13.7. The number of aryl methyl sites for hydroxylation is 1. The van der Waals surface area contributed by atoms with Crippen LogP contribution in [0.1, 0.15) is 38.2 Å². The van der Waals surface area contributed by atoms with Crippen molar-refractivity contribution < 1.29 is 19.2 Å². The van der Waals surface area contributed by atoms with E-state index in [9.17, 15) is 19.7 Å². The van der Waals surface area contributed by atoms with E-state index in [1.165, 1.54) is 25.1 Å². The van der Waals surface area contributed by atoms with Gasteiger partial charge in [0.1, 0.15) is 5.75 Å². The summed E-state index contributed by atoms with van der Waals surface area (Å²) in [6.07, 6.45) is 3.11. The molecule has 24 heavy (non-hydrogen) atoms. The maximum absolute atomic E-state index is 12.0. The Morgan fingerprint density at radius 3 is 2.58 bits per heavy atom. The molecular formula is C16H21N3O5. The molecule has 3 amide bonds. The number of carbonyl (C=O) groups is 2. The van der Waals surface area contributed by atoms with Gasteiger partial charge >= 0.3 is 6.03 Å². The molecule has 1 saturated carbocycles. The van der Waals surface area contributed by atoms with Gasteiger partial charge in [0.25, 0.3) is 11.6 Å². The van der Waals surface area contributed by atoms with Crippen molar-refractivity contribution in [1.29, 1.82) is 0 Å². The fourth-order valence-electron chi connectivity index (χ4n) is 2.67. The highest BCUT2D eigenvalue weighted by atomic mass is 16.6. The second-order valence-corrected chi connectivity index (χ2v) is 5.91. The van der Waals surface area contributed by atoms with E-state index in [1.54, 1.807) is 6.92 Å². The molecule has 1 aliphatic carbocycles. The third-order valence-electron chi connectivity index (χ3n) is 3.97. The molecule has 8 nitrogen and oxygen atoms in total. The van der Waals surface area contributed by atoms with Crippen LogP contribution in [0.5, 0.6) is 5.75 Å². The minimum atomic E-state index is -0.903. The molecule has 0 heterocycles. The number of carbonyl (C=O) groups excluding carboxylic acids is 2. The molecule has 0 spiro atoms. The molecule has 1 atom stereocenters. The van der Waals surface area contributed by atoms with Crippen LogP contribution in [-0.2, 0) is 4.79 Å². The standard InChI is InChI=1S/C16H21N3O5/c1-10-9-13(7-8-14(10)19(22)23)24-11(2)15(20)18-16(21)17-12-5-3-4-6-12/h7-9,11-12H,3-6H2,1-2H3,(H2,17,18,20,21)/t11-/m1/s1. The van der Waals surface area contributed by atoms with Gasteiger partial charge in [-0.2, -0.15) is 0 Å². The molecule has 0 radical (unpaired) electrons. The smallest absolute Gasteiger partial charge is 0.321 e. The number of rotatable bonds is 5. The molecule has 1 aromatic rings. The number of nitro groups is 1. The predicted octanol–water partition coefficient (Wildman–Crippen LogP) is 2.44. The van der Waals surface area contributed by atoms with Gasteiger partial charge in [0.05, 0.1) is 4.92 Å². The van der Waals surface area contributed by atoms with Crippen LogP contribution in [0.2, 0.25) is 0 Å². The monoisotopic (exact) mass is 335 g/mol. The summed E-state index contributed by atoms with van der Waals surface area (Å²) in [6, 6.07) is 3.82. The first kappa shape index (κ1) is 17.7. The van der Waals surface area contributed by atoms with E-state index in [4.69, 9.17) is 4.74 Å². The Bertz CT molecular complexity index is 641. The third kappa shape index (κ3) is 4.68. The lowest BCUT2D eigenvalue weighted by Gasteiger charge is -2.16. The summed E-state index contributed by atoms with van der Waals surface area (Å²) in [5.74, 6) is -0.238. The van der Waals surface area contributed by atoms with E-state index in [0.717, 1.165) is 25.7 Å². The molecule has 2 N–H and O–H groups in total. The molecule has 1 fully saturated rings. The SMILES string of the molecule is Cc1cc(O[C@H](C)C(=O)NC(=O)NC2CCCC2)ccc1[N+](=O)[O-]. The van der Waals surface area contributed by atoms with Gasteiger partial charge in [-0.05, 0) is 38.8 Å². The van der Waals surface area contributed by atoms with Crippen LogP contribution in [0.25, 0.3) is 0 Å². The average molecular weight is 335 g/mol. The molecule has 130 valence electrons. The zero-order valence-electron chi connectivity index (χ0n) is 13.7. The van der Waals surface area contributed by atoms with Crippen LogP contribution in [0, 0.1) is 17.0 Å². The molecule has 0 aromatic heterocycles. The molecule has 0 unspecified atom stereocenters. The number of amides is 3. The summed E-state index contributed by atoms with van der Waals surface area (Å²) >= 11 is 0. The van der Waals surface area contributed by atoms with Crippen LogP contribution < -0.4 is 15.4 Å². The number of nitrogens with one attached hydrogen (secondary N) is 2. The number of hydrogen-bond donors (Lipinski definition) is 2. The highest BCUT2D eigenvalue weighted by Gasteiger charge is 2.22. The second kappa shape index (κ2) is 7.76. The predicted molar refractivity (Wildman–Crippen MR) is 86.9 cm³/mol. The topological polar surface area (TPSA) is 111 Å². The molecule has 1 aliphatic rings. The van der Waals surface area contributed by atoms with Crippen molar-refractivity contribution in [3.05, 3.63) is 33.9 Å². The summed E-state index contributed by atoms with van der Waals surface area (Å²) in [5, 5.41) is 15.8. The first-order valence-corrected chi connectivity index (χ1v) is 7.90. The van der Waals surface area contributed by atoms with Crippen LogP contribution in [0.15, 0.2) is 18.2 Å². The van der Waals surface area contributed by atoms with Crippen molar-refractivity contribution in [2.24, 2.45) is 0 Å². The normalized spacial score (nSPS) is 15.6. The summed E-state index contributed by atoms with van der Waals surface area (Å²) in [5.41, 5.74) is 0.416. The van der Waals surface area contributed by atoms with Crippen molar-refractivity contribution in [3.8, 4) is 5.75 Å². The van der Waals surface area contributed by atoms with Gasteiger partial charge in [-0.25, -0.2) is 4.79 Å². The van der Waals surface area contributed by atoms with Gasteiger partial charge in [-0.1, -0.05) is 12.8 Å². The van der Waals surface area contributed by atoms with Crippen LogP contribution >= 0.6 is 0 Å². The van der Waals surface area contributed by atoms with E-state index >= 15 is 0 Å². The van der Waals surface area contributed by atoms with Gasteiger partial charge in [-0.15, -0.1) is 0 Å². The Kier molecular flexibility index (Phi) is 5.73. The third-order valence-corrected chi connectivity index (χ3v) is 3.97. The van der Waals surface area contributed by atoms with Gasteiger partial charge in [0.2, 0.25) is 0 Å². The number of benzene rings is 1. The Balaban J connectivity index is 1.87. The summed E-state index contributed by atoms with van der Waals surface area (Å²) in [6.45, 7) is 3.10. The number of nitrogens with zero attached hydrogens (tertiary/aromatic N) is 1. The van der Waals surface area contributed by atoms with E-state index < -0.39 is 23.0 Å². The van der Waals surface area contributed by atoms with Gasteiger partial charge in [0, 0.05) is 17.7 Å². The summed E-state index contributed by atoms with van der Waals surface area (Å²) < 4.78 is 5.45. The van der Waals surface area contributed by atoms with E-state index in [1.807, 2.05) is 0 Å². The lowest BCUT2D eigenvalue weighted by molar-refractivity contribution is -0.385. The fraction of sp³-hybridized carbons (Fsp3) is 0.500. The fourth-order valence-corrected chi connectivity index (χ4v) is 2.67. The Hall–Kier alpha value is -2.64. The Morgan fingerprint density at radius 1 is 1.33 bits per heavy atom. The van der Waals surface area contributed by atoms with Gasteiger partial charge in [0.15, 0.2) is 6.10 Å². The molecule has 8 heteroatoms. The highest BCUT2D eigenvalue weighted by Crippen LogP contribution is 2.23. The maximum Gasteiger partial charge on any atom is 0.321 e. The van der Waals surface area contributed by atoms with Crippen LogP contribution in [0.3, 0.4) is 0 Å². The van der Waals surface area contributed by atoms with Crippen molar-refractivity contribution in [3.63, 3.8) is 0 Å². The molecule has 0 bridgehead atoms. The quantitative estimate of drug-likeness (QED) is 0.634. The van der Waals surface area contributed by atoms with Crippen molar-refractivity contribution in [2.75, 3.05) is 0 Å². The van der Waals surface area contributed by atoms with Crippen molar-refractivity contribution in [2.45, 2.75) is 51.7 Å². The van der Waals surface area contributed by atoms with E-state index in [0.29, 0.717) is 11.3 Å². The first-order chi connectivity index (χ1) is 11.4. The first-order valence-electron chi connectivity index (χ1n) is 7.90. The highest BCUT2D eigenvalue weighted by molar-refractivity contribution is 5.96. The van der Waals surface area contributed by atoms with Crippen molar-refractivity contribution >= 4 is 17.6 Å². The minimum Gasteiger partial charge on any atom is -0.481 e. The molecule has 0 aliphatic heterocycles. The van der Waals surface area contributed by atoms with Gasteiger partial charge < -0.3 is 10.1 Å². The molecule has 2 rings (SSSR count). The Labute approximate surface area is 139 Å². The summed E-state index contributed by atoms with van der Waals surface area (Å²) in [4.78, 5) is 34.1. The Morgan fingerprint density at radius 2 is 2.00 bits per heavy atom. The van der Waals surface area contributed by atoms with E-state index in [-0.39, 0.29) is 11.7 Å². The zero-order chi connectivity index (χ0) is 17.7. The lowest BCUT2D eigenvalue weighted by atomic mass is 10.2. The summed E-state index contributed by atoms with van der Waals surface area (Å²) in [7, 11) is 0. The second-order valence-electron chi connectivity index (χ2n) is 5.91. The number of nitro benzene ring substituents is 1.